The topological polar surface area (TPSA) is 59.6 Å². The molecule has 0 unspecified atom stereocenters. The molecule has 25 heavy (non-hydrogen) atoms. The number of alkyl halides is 3. The summed E-state index contributed by atoms with van der Waals surface area (Å²) in [4.78, 5) is 11.9. The highest BCUT2D eigenvalue weighted by Gasteiger charge is 2.29. The quantitative estimate of drug-likeness (QED) is 0.858. The van der Waals surface area contributed by atoms with Gasteiger partial charge in [0.15, 0.2) is 11.5 Å². The zero-order valence-corrected chi connectivity index (χ0v) is 13.0. The maximum Gasteiger partial charge on any atom is 0.416 e. The Bertz CT molecular complexity index is 761. The van der Waals surface area contributed by atoms with E-state index in [9.17, 15) is 18.0 Å². The minimum absolute atomic E-state index is 0.162. The van der Waals surface area contributed by atoms with Crippen LogP contribution in [0.5, 0.6) is 11.5 Å². The van der Waals surface area contributed by atoms with E-state index < -0.39 is 11.7 Å². The van der Waals surface area contributed by atoms with Gasteiger partial charge in [-0.05, 0) is 36.4 Å². The molecule has 0 radical (unpaired) electrons. The summed E-state index contributed by atoms with van der Waals surface area (Å²) in [5.41, 5.74) is 0.350. The smallest absolute Gasteiger partial charge is 0.416 e. The van der Waals surface area contributed by atoms with Gasteiger partial charge in [0.05, 0.1) is 5.56 Å². The van der Waals surface area contributed by atoms with Crippen molar-refractivity contribution in [2.75, 3.05) is 24.0 Å². The molecule has 0 saturated carbocycles. The molecule has 3 rings (SSSR count). The fourth-order valence-corrected chi connectivity index (χ4v) is 2.29. The van der Waals surface area contributed by atoms with E-state index in [0.717, 1.165) is 17.8 Å². The van der Waals surface area contributed by atoms with Crippen molar-refractivity contribution in [2.45, 2.75) is 12.6 Å². The molecule has 0 aromatic heterocycles. The minimum atomic E-state index is -4.39. The second-order valence-corrected chi connectivity index (χ2v) is 5.37. The van der Waals surface area contributed by atoms with Crippen LogP contribution in [0.2, 0.25) is 0 Å². The van der Waals surface area contributed by atoms with Gasteiger partial charge in [-0.1, -0.05) is 0 Å². The molecule has 0 bridgehead atoms. The van der Waals surface area contributed by atoms with Gasteiger partial charge in [-0.25, -0.2) is 0 Å². The molecule has 0 spiro atoms. The molecule has 0 aliphatic carbocycles. The number of amides is 1. The summed E-state index contributed by atoms with van der Waals surface area (Å²) in [6, 6.07) is 9.67. The molecule has 2 aromatic carbocycles. The lowest BCUT2D eigenvalue weighted by atomic mass is 10.2. The van der Waals surface area contributed by atoms with Crippen LogP contribution in [0, 0.1) is 0 Å². The standard InChI is InChI=1S/C17H15F3N2O3/c18-17(19,20)11-1-3-12(4-2-11)22-16(23)7-8-21-13-5-6-14-15(9-13)25-10-24-14/h1-6,9,21H,7-8,10H2,(H,22,23). The summed E-state index contributed by atoms with van der Waals surface area (Å²) in [5.74, 6) is 1.01. The van der Waals surface area contributed by atoms with Gasteiger partial charge >= 0.3 is 6.18 Å². The lowest BCUT2D eigenvalue weighted by Gasteiger charge is -2.10. The third-order valence-electron chi connectivity index (χ3n) is 3.55. The molecular weight excluding hydrogens is 337 g/mol. The van der Waals surface area contributed by atoms with Crippen molar-refractivity contribution in [3.05, 3.63) is 48.0 Å². The number of rotatable bonds is 5. The highest BCUT2D eigenvalue weighted by molar-refractivity contribution is 5.91. The third-order valence-corrected chi connectivity index (χ3v) is 3.55. The number of anilines is 2. The van der Waals surface area contributed by atoms with Crippen molar-refractivity contribution >= 4 is 17.3 Å². The lowest BCUT2D eigenvalue weighted by Crippen LogP contribution is -2.16. The number of carbonyl (C=O) groups is 1. The van der Waals surface area contributed by atoms with Gasteiger partial charge in [-0.15, -0.1) is 0 Å². The number of hydrogen-bond donors (Lipinski definition) is 2. The van der Waals surface area contributed by atoms with Crippen LogP contribution in [-0.2, 0) is 11.0 Å². The first-order valence-corrected chi connectivity index (χ1v) is 7.52. The van der Waals surface area contributed by atoms with Crippen LogP contribution in [0.1, 0.15) is 12.0 Å². The number of ether oxygens (including phenoxy) is 2. The Hall–Kier alpha value is -2.90. The predicted octanol–water partition coefficient (Wildman–Crippen LogP) is 3.87. The van der Waals surface area contributed by atoms with Gasteiger partial charge in [0.2, 0.25) is 12.7 Å². The molecule has 8 heteroatoms. The van der Waals surface area contributed by atoms with E-state index >= 15 is 0 Å². The number of benzene rings is 2. The molecule has 132 valence electrons. The number of halogens is 3. The maximum atomic E-state index is 12.5. The third kappa shape index (κ3) is 4.34. The highest BCUT2D eigenvalue weighted by atomic mass is 19.4. The molecule has 1 heterocycles. The number of nitrogens with one attached hydrogen (secondary N) is 2. The van der Waals surface area contributed by atoms with E-state index in [-0.39, 0.29) is 19.1 Å². The van der Waals surface area contributed by atoms with E-state index in [0.29, 0.717) is 23.7 Å². The van der Waals surface area contributed by atoms with E-state index in [1.807, 2.05) is 0 Å². The highest BCUT2D eigenvalue weighted by Crippen LogP contribution is 2.34. The summed E-state index contributed by atoms with van der Waals surface area (Å²) in [7, 11) is 0. The van der Waals surface area contributed by atoms with Gasteiger partial charge in [0.1, 0.15) is 0 Å². The number of hydrogen-bond acceptors (Lipinski definition) is 4. The monoisotopic (exact) mass is 352 g/mol. The molecular formula is C17H15F3N2O3. The van der Waals surface area contributed by atoms with Crippen molar-refractivity contribution in [2.24, 2.45) is 0 Å². The SMILES string of the molecule is O=C(CCNc1ccc2c(c1)OCO2)Nc1ccc(C(F)(F)F)cc1. The van der Waals surface area contributed by atoms with E-state index in [2.05, 4.69) is 10.6 Å². The van der Waals surface area contributed by atoms with Gasteiger partial charge < -0.3 is 20.1 Å². The zero-order valence-electron chi connectivity index (χ0n) is 13.0. The van der Waals surface area contributed by atoms with Crippen molar-refractivity contribution in [1.82, 2.24) is 0 Å². The summed E-state index contributed by atoms with van der Waals surface area (Å²) < 4.78 is 47.9. The Labute approximate surface area is 141 Å². The minimum Gasteiger partial charge on any atom is -0.454 e. The first kappa shape index (κ1) is 16.9. The first-order valence-electron chi connectivity index (χ1n) is 7.52. The largest absolute Gasteiger partial charge is 0.454 e. The summed E-state index contributed by atoms with van der Waals surface area (Å²) in [6.07, 6.45) is -4.23. The molecule has 0 saturated heterocycles. The Morgan fingerprint density at radius 1 is 1.00 bits per heavy atom. The Balaban J connectivity index is 1.46. The van der Waals surface area contributed by atoms with Crippen LogP contribution < -0.4 is 20.1 Å². The lowest BCUT2D eigenvalue weighted by molar-refractivity contribution is -0.137. The number of fused-ring (bicyclic) bond motifs is 1. The van der Waals surface area contributed by atoms with Crippen molar-refractivity contribution in [1.29, 1.82) is 0 Å². The maximum absolute atomic E-state index is 12.5. The molecule has 1 amide bonds. The van der Waals surface area contributed by atoms with E-state index in [4.69, 9.17) is 9.47 Å². The van der Waals surface area contributed by atoms with Gasteiger partial charge in [0, 0.05) is 30.4 Å². The first-order chi connectivity index (χ1) is 11.9. The fraction of sp³-hybridized carbons (Fsp3) is 0.235. The molecule has 2 N–H and O–H groups in total. The Morgan fingerprint density at radius 2 is 1.68 bits per heavy atom. The van der Waals surface area contributed by atoms with E-state index in [1.54, 1.807) is 18.2 Å². The van der Waals surface area contributed by atoms with Gasteiger partial charge in [-0.2, -0.15) is 13.2 Å². The van der Waals surface area contributed by atoms with Crippen LogP contribution in [0.15, 0.2) is 42.5 Å². The van der Waals surface area contributed by atoms with Crippen LogP contribution in [0.4, 0.5) is 24.5 Å². The van der Waals surface area contributed by atoms with Crippen molar-refractivity contribution in [3.8, 4) is 11.5 Å². The predicted molar refractivity (Wildman–Crippen MR) is 85.7 cm³/mol. The molecule has 1 aliphatic rings. The summed E-state index contributed by atoms with van der Waals surface area (Å²) >= 11 is 0. The fourth-order valence-electron chi connectivity index (χ4n) is 2.29. The Morgan fingerprint density at radius 3 is 2.40 bits per heavy atom. The van der Waals surface area contributed by atoms with Crippen molar-refractivity contribution < 1.29 is 27.4 Å². The Kier molecular flexibility index (Phi) is 4.69. The van der Waals surface area contributed by atoms with Crippen LogP contribution in [0.3, 0.4) is 0 Å². The van der Waals surface area contributed by atoms with Gasteiger partial charge in [-0.3, -0.25) is 4.79 Å². The second kappa shape index (κ2) is 6.92. The zero-order chi connectivity index (χ0) is 17.9. The summed E-state index contributed by atoms with van der Waals surface area (Å²) in [6.45, 7) is 0.556. The van der Waals surface area contributed by atoms with Crippen molar-refractivity contribution in [3.63, 3.8) is 0 Å². The summed E-state index contributed by atoms with van der Waals surface area (Å²) in [5, 5.41) is 5.63. The normalized spacial score (nSPS) is 12.8. The molecule has 0 atom stereocenters. The van der Waals surface area contributed by atoms with E-state index in [1.165, 1.54) is 12.1 Å². The molecule has 5 nitrogen and oxygen atoms in total. The molecule has 1 aliphatic heterocycles. The second-order valence-electron chi connectivity index (χ2n) is 5.37. The van der Waals surface area contributed by atoms with Gasteiger partial charge in [0.25, 0.3) is 0 Å². The average molecular weight is 352 g/mol. The van der Waals surface area contributed by atoms with Crippen LogP contribution in [-0.4, -0.2) is 19.2 Å². The molecule has 2 aromatic rings. The van der Waals surface area contributed by atoms with Crippen LogP contribution in [0.25, 0.3) is 0 Å². The van der Waals surface area contributed by atoms with Crippen LogP contribution >= 0.6 is 0 Å². The molecule has 0 fully saturated rings. The number of carbonyl (C=O) groups excluding carboxylic acids is 1. The average Bonchev–Trinajstić information content (AvgIpc) is 3.02.